The molecule has 2 aromatic heterocycles. The fourth-order valence-electron chi connectivity index (χ4n) is 2.45. The second kappa shape index (κ2) is 6.07. The highest BCUT2D eigenvalue weighted by Gasteiger charge is 2.27. The molecule has 3 rings (SSSR count). The monoisotopic (exact) mass is 316 g/mol. The molecular formula is C15H16N4O4. The molecule has 0 radical (unpaired) electrons. The third kappa shape index (κ3) is 3.01. The van der Waals surface area contributed by atoms with Gasteiger partial charge in [-0.3, -0.25) is 14.4 Å². The van der Waals surface area contributed by atoms with Crippen LogP contribution in [0.2, 0.25) is 0 Å². The predicted octanol–water partition coefficient (Wildman–Crippen LogP) is -0.0285. The maximum absolute atomic E-state index is 12.4. The van der Waals surface area contributed by atoms with Gasteiger partial charge in [-0.1, -0.05) is 0 Å². The first-order valence-electron chi connectivity index (χ1n) is 7.22. The summed E-state index contributed by atoms with van der Waals surface area (Å²) in [7, 11) is 1.50. The summed E-state index contributed by atoms with van der Waals surface area (Å²) in [6.07, 6.45) is 1.46. The van der Waals surface area contributed by atoms with E-state index in [0.717, 1.165) is 4.68 Å². The predicted molar refractivity (Wildman–Crippen MR) is 80.0 cm³/mol. The van der Waals surface area contributed by atoms with Crippen molar-refractivity contribution in [2.75, 3.05) is 26.2 Å². The summed E-state index contributed by atoms with van der Waals surface area (Å²) in [5, 5.41) is 3.96. The van der Waals surface area contributed by atoms with Crippen LogP contribution in [0.3, 0.4) is 0 Å². The number of carbonyl (C=O) groups is 2. The lowest BCUT2D eigenvalue weighted by Gasteiger charge is -2.34. The van der Waals surface area contributed by atoms with E-state index >= 15 is 0 Å². The Kier molecular flexibility index (Phi) is 3.96. The Hall–Kier alpha value is -2.90. The van der Waals surface area contributed by atoms with Crippen molar-refractivity contribution >= 4 is 11.8 Å². The lowest BCUT2D eigenvalue weighted by Crippen LogP contribution is -2.50. The van der Waals surface area contributed by atoms with Crippen LogP contribution in [0.5, 0.6) is 0 Å². The van der Waals surface area contributed by atoms with E-state index in [0.29, 0.717) is 31.9 Å². The fourth-order valence-corrected chi connectivity index (χ4v) is 2.45. The number of hydrogen-bond acceptors (Lipinski definition) is 5. The fraction of sp³-hybridized carbons (Fsp3) is 0.333. The number of aryl methyl sites for hydroxylation is 1. The minimum Gasteiger partial charge on any atom is -0.459 e. The summed E-state index contributed by atoms with van der Waals surface area (Å²) >= 11 is 0. The van der Waals surface area contributed by atoms with E-state index in [2.05, 4.69) is 5.10 Å². The van der Waals surface area contributed by atoms with Crippen LogP contribution in [0.1, 0.15) is 21.0 Å². The zero-order valence-electron chi connectivity index (χ0n) is 12.6. The van der Waals surface area contributed by atoms with Gasteiger partial charge in [0.05, 0.1) is 6.26 Å². The molecule has 0 saturated carbocycles. The standard InChI is InChI=1S/C15H16N4O4/c1-17-13(20)5-4-11(16-17)14(21)18-6-8-19(9-7-18)15(22)12-3-2-10-23-12/h2-5,10H,6-9H2,1H3. The Labute approximate surface area is 131 Å². The van der Waals surface area contributed by atoms with E-state index in [4.69, 9.17) is 4.42 Å². The molecule has 3 heterocycles. The molecule has 2 amide bonds. The van der Waals surface area contributed by atoms with Gasteiger partial charge in [-0.2, -0.15) is 5.10 Å². The van der Waals surface area contributed by atoms with Gasteiger partial charge in [-0.15, -0.1) is 0 Å². The number of nitrogens with zero attached hydrogens (tertiary/aromatic N) is 4. The first-order chi connectivity index (χ1) is 11.1. The van der Waals surface area contributed by atoms with Crippen molar-refractivity contribution in [2.45, 2.75) is 0 Å². The SMILES string of the molecule is Cn1nc(C(=O)N2CCN(C(=O)c3ccco3)CC2)ccc1=O. The van der Waals surface area contributed by atoms with Gasteiger partial charge >= 0.3 is 0 Å². The van der Waals surface area contributed by atoms with Crippen LogP contribution in [0.4, 0.5) is 0 Å². The number of furan rings is 1. The van der Waals surface area contributed by atoms with Gasteiger partial charge in [-0.25, -0.2) is 4.68 Å². The molecule has 1 aliphatic rings. The van der Waals surface area contributed by atoms with Gasteiger partial charge in [0.15, 0.2) is 5.76 Å². The average Bonchev–Trinajstić information content (AvgIpc) is 3.11. The van der Waals surface area contributed by atoms with Crippen molar-refractivity contribution < 1.29 is 14.0 Å². The Morgan fingerprint density at radius 3 is 2.26 bits per heavy atom. The van der Waals surface area contributed by atoms with Crippen molar-refractivity contribution in [1.29, 1.82) is 0 Å². The van der Waals surface area contributed by atoms with Crippen LogP contribution in [0, 0.1) is 0 Å². The van der Waals surface area contributed by atoms with E-state index in [9.17, 15) is 14.4 Å². The number of hydrogen-bond donors (Lipinski definition) is 0. The molecule has 0 N–H and O–H groups in total. The zero-order chi connectivity index (χ0) is 16.4. The summed E-state index contributed by atoms with van der Waals surface area (Å²) in [6.45, 7) is 1.68. The first-order valence-corrected chi connectivity index (χ1v) is 7.22. The highest BCUT2D eigenvalue weighted by atomic mass is 16.3. The highest BCUT2D eigenvalue weighted by molar-refractivity contribution is 5.93. The van der Waals surface area contributed by atoms with E-state index in [1.54, 1.807) is 21.9 Å². The molecule has 8 nitrogen and oxygen atoms in total. The smallest absolute Gasteiger partial charge is 0.289 e. The molecule has 2 aromatic rings. The highest BCUT2D eigenvalue weighted by Crippen LogP contribution is 2.11. The third-order valence-corrected chi connectivity index (χ3v) is 3.77. The van der Waals surface area contributed by atoms with Crippen molar-refractivity contribution in [2.24, 2.45) is 7.05 Å². The van der Waals surface area contributed by atoms with Crippen molar-refractivity contribution in [3.05, 3.63) is 52.3 Å². The molecule has 0 spiro atoms. The van der Waals surface area contributed by atoms with Crippen LogP contribution in [-0.4, -0.2) is 57.6 Å². The molecule has 120 valence electrons. The lowest BCUT2D eigenvalue weighted by molar-refractivity contribution is 0.0514. The largest absolute Gasteiger partial charge is 0.459 e. The summed E-state index contributed by atoms with van der Waals surface area (Å²) in [5.74, 6) is -0.127. The van der Waals surface area contributed by atoms with E-state index in [1.807, 2.05) is 0 Å². The van der Waals surface area contributed by atoms with Crippen molar-refractivity contribution in [3.63, 3.8) is 0 Å². The second-order valence-corrected chi connectivity index (χ2v) is 5.24. The van der Waals surface area contributed by atoms with Gasteiger partial charge < -0.3 is 14.2 Å². The quantitative estimate of drug-likeness (QED) is 0.776. The molecule has 1 saturated heterocycles. The molecule has 23 heavy (non-hydrogen) atoms. The molecule has 0 aliphatic carbocycles. The maximum Gasteiger partial charge on any atom is 0.289 e. The molecular weight excluding hydrogens is 300 g/mol. The summed E-state index contributed by atoms with van der Waals surface area (Å²) < 4.78 is 6.23. The second-order valence-electron chi connectivity index (χ2n) is 5.24. The normalized spacial score (nSPS) is 14.8. The van der Waals surface area contributed by atoms with Crippen LogP contribution >= 0.6 is 0 Å². The maximum atomic E-state index is 12.4. The number of piperazine rings is 1. The van der Waals surface area contributed by atoms with Gasteiger partial charge in [0.25, 0.3) is 17.4 Å². The minimum absolute atomic E-state index is 0.178. The summed E-state index contributed by atoms with van der Waals surface area (Å²) in [5.41, 5.74) is -0.0478. The minimum atomic E-state index is -0.268. The van der Waals surface area contributed by atoms with Gasteiger partial charge in [0, 0.05) is 39.3 Å². The molecule has 0 unspecified atom stereocenters. The number of aromatic nitrogens is 2. The average molecular weight is 316 g/mol. The molecule has 1 aliphatic heterocycles. The Morgan fingerprint density at radius 1 is 1.04 bits per heavy atom. The summed E-state index contributed by atoms with van der Waals surface area (Å²) in [4.78, 5) is 39.2. The van der Waals surface area contributed by atoms with Gasteiger partial charge in [-0.05, 0) is 18.2 Å². The van der Waals surface area contributed by atoms with Crippen LogP contribution in [0.15, 0.2) is 39.7 Å². The number of rotatable bonds is 2. The van der Waals surface area contributed by atoms with Crippen LogP contribution in [-0.2, 0) is 7.05 Å². The Morgan fingerprint density at radius 2 is 1.70 bits per heavy atom. The first kappa shape index (κ1) is 15.0. The van der Waals surface area contributed by atoms with E-state index in [1.165, 1.54) is 25.4 Å². The van der Waals surface area contributed by atoms with E-state index in [-0.39, 0.29) is 23.1 Å². The van der Waals surface area contributed by atoms with Gasteiger partial charge in [0.1, 0.15) is 5.69 Å². The van der Waals surface area contributed by atoms with Crippen molar-refractivity contribution in [3.8, 4) is 0 Å². The topological polar surface area (TPSA) is 88.7 Å². The van der Waals surface area contributed by atoms with E-state index < -0.39 is 0 Å². The lowest BCUT2D eigenvalue weighted by atomic mass is 10.2. The summed E-state index contributed by atoms with van der Waals surface area (Å²) in [6, 6.07) is 6.02. The zero-order valence-corrected chi connectivity index (χ0v) is 12.6. The molecule has 0 bridgehead atoms. The third-order valence-electron chi connectivity index (χ3n) is 3.77. The molecule has 0 atom stereocenters. The Balaban J connectivity index is 1.64. The number of amides is 2. The van der Waals surface area contributed by atoms with Gasteiger partial charge in [0.2, 0.25) is 0 Å². The van der Waals surface area contributed by atoms with Crippen LogP contribution < -0.4 is 5.56 Å². The molecule has 8 heteroatoms. The molecule has 1 fully saturated rings. The number of carbonyl (C=O) groups excluding carboxylic acids is 2. The molecule has 0 aromatic carbocycles. The van der Waals surface area contributed by atoms with Crippen LogP contribution in [0.25, 0.3) is 0 Å². The Bertz CT molecular complexity index is 773. The van der Waals surface area contributed by atoms with Crippen molar-refractivity contribution in [1.82, 2.24) is 19.6 Å².